The number of aryl methyl sites for hydroxylation is 1. The van der Waals surface area contributed by atoms with Crippen LogP contribution < -0.4 is 10.6 Å². The standard InChI is InChI=1S/C16H26FN3S/c1-5-18-16(20-11-13(3)21-4)19-9-8-14-6-7-15(17)10-12(14)2/h6-7,10,13H,5,8-9,11H2,1-4H3,(H2,18,19,20). The van der Waals surface area contributed by atoms with E-state index in [0.717, 1.165) is 43.1 Å². The smallest absolute Gasteiger partial charge is 0.191 e. The molecule has 0 aliphatic rings. The van der Waals surface area contributed by atoms with Crippen molar-refractivity contribution in [2.24, 2.45) is 4.99 Å². The summed E-state index contributed by atoms with van der Waals surface area (Å²) >= 11 is 1.81. The molecule has 0 saturated heterocycles. The monoisotopic (exact) mass is 311 g/mol. The van der Waals surface area contributed by atoms with E-state index < -0.39 is 0 Å². The Morgan fingerprint density at radius 1 is 1.38 bits per heavy atom. The van der Waals surface area contributed by atoms with Crippen molar-refractivity contribution in [3.05, 3.63) is 35.1 Å². The van der Waals surface area contributed by atoms with Gasteiger partial charge in [0.15, 0.2) is 5.96 Å². The number of guanidine groups is 1. The molecule has 21 heavy (non-hydrogen) atoms. The van der Waals surface area contributed by atoms with E-state index in [1.807, 2.05) is 24.8 Å². The summed E-state index contributed by atoms with van der Waals surface area (Å²) in [6.07, 6.45) is 2.95. The van der Waals surface area contributed by atoms with Gasteiger partial charge < -0.3 is 10.6 Å². The van der Waals surface area contributed by atoms with E-state index >= 15 is 0 Å². The van der Waals surface area contributed by atoms with Gasteiger partial charge in [0, 0.05) is 18.3 Å². The Balaban J connectivity index is 2.49. The first-order valence-electron chi connectivity index (χ1n) is 7.36. The highest BCUT2D eigenvalue weighted by molar-refractivity contribution is 7.99. The normalized spacial score (nSPS) is 13.1. The molecule has 1 aromatic carbocycles. The van der Waals surface area contributed by atoms with Crippen molar-refractivity contribution in [3.8, 4) is 0 Å². The van der Waals surface area contributed by atoms with Crippen LogP contribution in [0.25, 0.3) is 0 Å². The van der Waals surface area contributed by atoms with Crippen LogP contribution in [0.2, 0.25) is 0 Å². The lowest BCUT2D eigenvalue weighted by molar-refractivity contribution is 0.625. The third-order valence-electron chi connectivity index (χ3n) is 3.24. The molecule has 0 heterocycles. The number of nitrogens with zero attached hydrogens (tertiary/aromatic N) is 1. The van der Waals surface area contributed by atoms with Crippen LogP contribution in [0.1, 0.15) is 25.0 Å². The molecule has 118 valence electrons. The summed E-state index contributed by atoms with van der Waals surface area (Å²) in [6, 6.07) is 4.95. The SMILES string of the molecule is CCNC(=NCC(C)SC)NCCc1ccc(F)cc1C. The molecule has 1 rings (SSSR count). The highest BCUT2D eigenvalue weighted by Crippen LogP contribution is 2.10. The number of halogens is 1. The van der Waals surface area contributed by atoms with Gasteiger partial charge in [0.25, 0.3) is 0 Å². The second-order valence-electron chi connectivity index (χ2n) is 5.01. The zero-order valence-corrected chi connectivity index (χ0v) is 14.2. The fourth-order valence-corrected chi connectivity index (χ4v) is 2.12. The number of aliphatic imine (C=N–C) groups is 1. The Labute approximate surface area is 131 Å². The highest BCUT2D eigenvalue weighted by Gasteiger charge is 2.03. The molecule has 1 unspecified atom stereocenters. The zero-order chi connectivity index (χ0) is 15.7. The number of thioether (sulfide) groups is 1. The van der Waals surface area contributed by atoms with Crippen LogP contribution in [0.15, 0.2) is 23.2 Å². The van der Waals surface area contributed by atoms with Gasteiger partial charge in [-0.1, -0.05) is 13.0 Å². The molecule has 0 spiro atoms. The molecule has 1 aromatic rings. The molecule has 0 saturated carbocycles. The van der Waals surface area contributed by atoms with Gasteiger partial charge in [-0.05, 0) is 49.8 Å². The Morgan fingerprint density at radius 2 is 2.14 bits per heavy atom. The number of benzene rings is 1. The molecule has 0 aliphatic heterocycles. The van der Waals surface area contributed by atoms with Crippen molar-refractivity contribution in [1.82, 2.24) is 10.6 Å². The lowest BCUT2D eigenvalue weighted by Crippen LogP contribution is -2.38. The van der Waals surface area contributed by atoms with Crippen LogP contribution >= 0.6 is 11.8 Å². The van der Waals surface area contributed by atoms with Gasteiger partial charge >= 0.3 is 0 Å². The predicted molar refractivity (Wildman–Crippen MR) is 91.8 cm³/mol. The summed E-state index contributed by atoms with van der Waals surface area (Å²) in [5.41, 5.74) is 2.16. The lowest BCUT2D eigenvalue weighted by Gasteiger charge is -2.13. The van der Waals surface area contributed by atoms with Gasteiger partial charge in [-0.25, -0.2) is 4.39 Å². The van der Waals surface area contributed by atoms with Crippen LogP contribution in [0, 0.1) is 12.7 Å². The van der Waals surface area contributed by atoms with Crippen LogP contribution in [-0.4, -0.2) is 37.1 Å². The molecule has 1 atom stereocenters. The quantitative estimate of drug-likeness (QED) is 0.600. The predicted octanol–water partition coefficient (Wildman–Crippen LogP) is 2.98. The number of rotatable bonds is 7. The Kier molecular flexibility index (Phi) is 8.20. The van der Waals surface area contributed by atoms with Gasteiger partial charge in [-0.15, -0.1) is 0 Å². The maximum Gasteiger partial charge on any atom is 0.191 e. The van der Waals surface area contributed by atoms with E-state index in [9.17, 15) is 4.39 Å². The molecule has 0 bridgehead atoms. The van der Waals surface area contributed by atoms with Gasteiger partial charge in [0.05, 0.1) is 6.54 Å². The maximum atomic E-state index is 13.1. The van der Waals surface area contributed by atoms with Crippen molar-refractivity contribution in [2.45, 2.75) is 32.4 Å². The van der Waals surface area contributed by atoms with E-state index in [4.69, 9.17) is 0 Å². The third-order valence-corrected chi connectivity index (χ3v) is 4.20. The molecule has 2 N–H and O–H groups in total. The van der Waals surface area contributed by atoms with Crippen LogP contribution in [0.4, 0.5) is 4.39 Å². The fourth-order valence-electron chi connectivity index (χ4n) is 1.89. The number of nitrogens with one attached hydrogen (secondary N) is 2. The van der Waals surface area contributed by atoms with Crippen LogP contribution in [0.5, 0.6) is 0 Å². The van der Waals surface area contributed by atoms with Gasteiger partial charge in [-0.2, -0.15) is 11.8 Å². The van der Waals surface area contributed by atoms with Crippen molar-refractivity contribution < 1.29 is 4.39 Å². The van der Waals surface area contributed by atoms with E-state index in [-0.39, 0.29) is 5.82 Å². The lowest BCUT2D eigenvalue weighted by atomic mass is 10.1. The fraction of sp³-hybridized carbons (Fsp3) is 0.562. The topological polar surface area (TPSA) is 36.4 Å². The Morgan fingerprint density at radius 3 is 2.76 bits per heavy atom. The molecular weight excluding hydrogens is 285 g/mol. The molecule has 0 fully saturated rings. The number of hydrogen-bond acceptors (Lipinski definition) is 2. The van der Waals surface area contributed by atoms with E-state index in [0.29, 0.717) is 5.25 Å². The minimum Gasteiger partial charge on any atom is -0.357 e. The Bertz CT molecular complexity index is 463. The summed E-state index contributed by atoms with van der Waals surface area (Å²) in [6.45, 7) is 8.59. The van der Waals surface area contributed by atoms with E-state index in [1.54, 1.807) is 6.07 Å². The second kappa shape index (κ2) is 9.66. The first kappa shape index (κ1) is 17.8. The molecular formula is C16H26FN3S. The number of hydrogen-bond donors (Lipinski definition) is 2. The van der Waals surface area contributed by atoms with E-state index in [2.05, 4.69) is 35.7 Å². The molecule has 0 aromatic heterocycles. The minimum atomic E-state index is -0.176. The zero-order valence-electron chi connectivity index (χ0n) is 13.4. The largest absolute Gasteiger partial charge is 0.357 e. The molecule has 5 heteroatoms. The summed E-state index contributed by atoms with van der Waals surface area (Å²) in [5.74, 6) is 0.670. The second-order valence-corrected chi connectivity index (χ2v) is 6.29. The summed E-state index contributed by atoms with van der Waals surface area (Å²) in [4.78, 5) is 4.57. The Hall–Kier alpha value is -1.23. The molecule has 3 nitrogen and oxygen atoms in total. The van der Waals surface area contributed by atoms with Crippen molar-refractivity contribution in [3.63, 3.8) is 0 Å². The average molecular weight is 311 g/mol. The van der Waals surface area contributed by atoms with Gasteiger partial charge in [-0.3, -0.25) is 4.99 Å². The van der Waals surface area contributed by atoms with Crippen LogP contribution in [0.3, 0.4) is 0 Å². The van der Waals surface area contributed by atoms with E-state index in [1.165, 1.54) is 6.07 Å². The van der Waals surface area contributed by atoms with Gasteiger partial charge in [0.1, 0.15) is 5.82 Å². The molecule has 0 radical (unpaired) electrons. The molecule has 0 amide bonds. The summed E-state index contributed by atoms with van der Waals surface area (Å²) in [7, 11) is 0. The van der Waals surface area contributed by atoms with Crippen molar-refractivity contribution in [2.75, 3.05) is 25.9 Å². The summed E-state index contributed by atoms with van der Waals surface area (Å²) in [5, 5.41) is 7.08. The minimum absolute atomic E-state index is 0.176. The van der Waals surface area contributed by atoms with Gasteiger partial charge in [0.2, 0.25) is 0 Å². The highest BCUT2D eigenvalue weighted by atomic mass is 32.2. The first-order valence-corrected chi connectivity index (χ1v) is 8.65. The summed E-state index contributed by atoms with van der Waals surface area (Å²) < 4.78 is 13.1. The maximum absolute atomic E-state index is 13.1. The molecule has 0 aliphatic carbocycles. The van der Waals surface area contributed by atoms with Crippen LogP contribution in [-0.2, 0) is 6.42 Å². The first-order chi connectivity index (χ1) is 10.1. The third kappa shape index (κ3) is 6.85. The average Bonchev–Trinajstić information content (AvgIpc) is 2.46. The van der Waals surface area contributed by atoms with Crippen molar-refractivity contribution >= 4 is 17.7 Å². The van der Waals surface area contributed by atoms with Crippen molar-refractivity contribution in [1.29, 1.82) is 0 Å².